The van der Waals surface area contributed by atoms with Gasteiger partial charge in [0.2, 0.25) is 0 Å². The third-order valence-corrected chi connectivity index (χ3v) is 16.5. The summed E-state index contributed by atoms with van der Waals surface area (Å²) in [6.45, 7) is -1.26. The van der Waals surface area contributed by atoms with Crippen molar-refractivity contribution in [2.45, 2.75) is 270 Å². The second-order valence-corrected chi connectivity index (χ2v) is 20.3. The second kappa shape index (κ2) is 39.8. The van der Waals surface area contributed by atoms with Gasteiger partial charge in [-0.3, -0.25) is 0 Å². The summed E-state index contributed by atoms with van der Waals surface area (Å²) >= 11 is 0. The average molecular weight is 885 g/mol. The van der Waals surface area contributed by atoms with E-state index in [1.165, 1.54) is 167 Å². The standard InChI is InChI=1S/C54H108O8/c55-43-35-51(36-44-56)33-31-29-27-25-23-21-19-17-15-13-11-9-7-5-3-1-2-4-6-8-10-12-14-16-18-20-22-24-26-28-30-32-34-52(37-45-57,38-46-58)54(41-49-61,42-50-62)53(51,39-47-59)40-48-60/h55-62H,1-50H2. The van der Waals surface area contributed by atoms with Gasteiger partial charge >= 0.3 is 0 Å². The van der Waals surface area contributed by atoms with Crippen molar-refractivity contribution >= 4 is 0 Å². The Morgan fingerprint density at radius 3 is 0.435 bits per heavy atom. The molecular weight excluding hydrogens is 777 g/mol. The molecule has 0 heterocycles. The SMILES string of the molecule is OCCC1(CCO)CCCCCCCCCCCCCCCCCCCCCCCCCCCCCCCCCCC(CCO)(CCO)C(CCO)(CCO)C1(CCO)CCO. The molecule has 0 aromatic rings. The predicted molar refractivity (Wildman–Crippen MR) is 260 cm³/mol. The van der Waals surface area contributed by atoms with E-state index in [2.05, 4.69) is 0 Å². The first-order valence-electron chi connectivity index (χ1n) is 27.3. The van der Waals surface area contributed by atoms with Crippen molar-refractivity contribution in [2.75, 3.05) is 52.9 Å². The van der Waals surface area contributed by atoms with Gasteiger partial charge in [0, 0.05) is 52.9 Å². The maximum atomic E-state index is 11.0. The van der Waals surface area contributed by atoms with Gasteiger partial charge in [0.1, 0.15) is 0 Å². The lowest BCUT2D eigenvalue weighted by atomic mass is 9.36. The first-order chi connectivity index (χ1) is 30.4. The van der Waals surface area contributed by atoms with Crippen LogP contribution in [0.15, 0.2) is 0 Å². The molecule has 0 radical (unpaired) electrons. The molecule has 1 rings (SSSR count). The zero-order valence-electron chi connectivity index (χ0n) is 40.9. The minimum Gasteiger partial charge on any atom is -0.396 e. The van der Waals surface area contributed by atoms with Crippen molar-refractivity contribution in [3.63, 3.8) is 0 Å². The summed E-state index contributed by atoms with van der Waals surface area (Å²) in [6, 6.07) is 0. The monoisotopic (exact) mass is 885 g/mol. The summed E-state index contributed by atoms with van der Waals surface area (Å²) in [5.74, 6) is 0. The van der Waals surface area contributed by atoms with Crippen LogP contribution in [0.25, 0.3) is 0 Å². The predicted octanol–water partition coefficient (Wildman–Crippen LogP) is 12.3. The Balaban J connectivity index is 3.36. The van der Waals surface area contributed by atoms with E-state index >= 15 is 0 Å². The van der Waals surface area contributed by atoms with E-state index in [0.717, 1.165) is 38.5 Å². The molecule has 8 nitrogen and oxygen atoms in total. The van der Waals surface area contributed by atoms with Crippen molar-refractivity contribution in [3.8, 4) is 0 Å². The van der Waals surface area contributed by atoms with Crippen molar-refractivity contribution in [2.24, 2.45) is 21.7 Å². The fourth-order valence-electron chi connectivity index (χ4n) is 13.3. The molecule has 0 aliphatic heterocycles. The van der Waals surface area contributed by atoms with Crippen LogP contribution in [0.5, 0.6) is 0 Å². The van der Waals surface area contributed by atoms with Crippen molar-refractivity contribution in [1.29, 1.82) is 0 Å². The van der Waals surface area contributed by atoms with Crippen LogP contribution in [0.2, 0.25) is 0 Å². The first-order valence-corrected chi connectivity index (χ1v) is 27.3. The fraction of sp³-hybridized carbons (Fsp3) is 1.00. The van der Waals surface area contributed by atoms with Crippen molar-refractivity contribution in [1.82, 2.24) is 0 Å². The smallest absolute Gasteiger partial charge is 0.0436 e. The number of hydrogen-bond donors (Lipinski definition) is 8. The molecule has 1 aliphatic rings. The molecule has 0 bridgehead atoms. The second-order valence-electron chi connectivity index (χ2n) is 20.3. The summed E-state index contributed by atoms with van der Waals surface area (Å²) in [7, 11) is 0. The Kier molecular flexibility index (Phi) is 38.3. The lowest BCUT2D eigenvalue weighted by Crippen LogP contribution is -2.63. The Bertz CT molecular complexity index is 847. The number of hydrogen-bond acceptors (Lipinski definition) is 8. The van der Waals surface area contributed by atoms with Crippen LogP contribution in [0.4, 0.5) is 0 Å². The molecule has 0 aromatic carbocycles. The lowest BCUT2D eigenvalue weighted by molar-refractivity contribution is -0.220. The van der Waals surface area contributed by atoms with Crippen LogP contribution in [0.1, 0.15) is 270 Å². The fourth-order valence-corrected chi connectivity index (χ4v) is 13.3. The van der Waals surface area contributed by atoms with E-state index in [-0.39, 0.29) is 78.5 Å². The van der Waals surface area contributed by atoms with E-state index < -0.39 is 21.7 Å². The van der Waals surface area contributed by atoms with Crippen molar-refractivity contribution < 1.29 is 40.9 Å². The van der Waals surface area contributed by atoms with Crippen LogP contribution in [0, 0.1) is 21.7 Å². The molecule has 1 fully saturated rings. The van der Waals surface area contributed by atoms with E-state index in [1.807, 2.05) is 0 Å². The highest BCUT2D eigenvalue weighted by atomic mass is 16.3. The normalized spacial score (nSPS) is 22.8. The molecule has 1 aliphatic carbocycles. The zero-order valence-corrected chi connectivity index (χ0v) is 40.9. The summed E-state index contributed by atoms with van der Waals surface area (Å²) in [4.78, 5) is 0. The van der Waals surface area contributed by atoms with Gasteiger partial charge in [-0.25, -0.2) is 0 Å². The quantitative estimate of drug-likeness (QED) is 0.0760. The van der Waals surface area contributed by atoms with Gasteiger partial charge < -0.3 is 40.9 Å². The maximum Gasteiger partial charge on any atom is 0.0436 e. The number of rotatable bonds is 16. The molecule has 8 N–H and O–H groups in total. The highest BCUT2D eigenvalue weighted by Crippen LogP contribution is 2.72. The molecule has 8 heteroatoms. The van der Waals surface area contributed by atoms with Gasteiger partial charge in [0.25, 0.3) is 0 Å². The Labute approximate surface area is 383 Å². The van der Waals surface area contributed by atoms with E-state index in [1.54, 1.807) is 0 Å². The molecule has 372 valence electrons. The molecule has 0 saturated heterocycles. The van der Waals surface area contributed by atoms with Gasteiger partial charge in [0.15, 0.2) is 0 Å². The van der Waals surface area contributed by atoms with Crippen LogP contribution in [-0.2, 0) is 0 Å². The van der Waals surface area contributed by atoms with Crippen LogP contribution < -0.4 is 0 Å². The Morgan fingerprint density at radius 2 is 0.306 bits per heavy atom. The summed E-state index contributed by atoms with van der Waals surface area (Å²) in [6.07, 6.45) is 44.9. The molecular formula is C54H108O8. The van der Waals surface area contributed by atoms with Gasteiger partial charge in [-0.05, 0) is 85.9 Å². The third-order valence-electron chi connectivity index (χ3n) is 16.5. The lowest BCUT2D eigenvalue weighted by Gasteiger charge is -2.68. The largest absolute Gasteiger partial charge is 0.396 e. The average Bonchev–Trinajstić information content (AvgIpc) is 3.26. The molecule has 0 atom stereocenters. The third kappa shape index (κ3) is 21.5. The summed E-state index contributed by atoms with van der Waals surface area (Å²) in [5, 5.41) is 87.6. The minimum absolute atomic E-state index is 0.125. The van der Waals surface area contributed by atoms with E-state index in [9.17, 15) is 40.9 Å². The van der Waals surface area contributed by atoms with Crippen molar-refractivity contribution in [3.05, 3.63) is 0 Å². The van der Waals surface area contributed by atoms with Gasteiger partial charge in [-0.2, -0.15) is 0 Å². The van der Waals surface area contributed by atoms with Gasteiger partial charge in [-0.1, -0.05) is 205 Å². The summed E-state index contributed by atoms with van der Waals surface area (Å²) < 4.78 is 0. The molecule has 0 aromatic heterocycles. The zero-order chi connectivity index (χ0) is 45.4. The Hall–Kier alpha value is -0.320. The molecule has 62 heavy (non-hydrogen) atoms. The van der Waals surface area contributed by atoms with Crippen LogP contribution >= 0.6 is 0 Å². The molecule has 0 spiro atoms. The summed E-state index contributed by atoms with van der Waals surface area (Å²) in [5.41, 5.74) is -3.29. The van der Waals surface area contributed by atoms with Gasteiger partial charge in [-0.15, -0.1) is 0 Å². The van der Waals surface area contributed by atoms with E-state index in [4.69, 9.17) is 0 Å². The maximum absolute atomic E-state index is 11.0. The highest BCUT2D eigenvalue weighted by molar-refractivity contribution is 5.14. The van der Waals surface area contributed by atoms with Gasteiger partial charge in [0.05, 0.1) is 0 Å². The first kappa shape index (κ1) is 59.7. The molecule has 1 saturated carbocycles. The minimum atomic E-state index is -0.918. The topological polar surface area (TPSA) is 162 Å². The highest BCUT2D eigenvalue weighted by Gasteiger charge is 2.66. The van der Waals surface area contributed by atoms with Crippen LogP contribution in [-0.4, -0.2) is 93.7 Å². The number of aliphatic hydroxyl groups excluding tert-OH is 8. The molecule has 0 amide bonds. The number of aliphatic hydroxyl groups is 8. The van der Waals surface area contributed by atoms with Crippen LogP contribution in [0.3, 0.4) is 0 Å². The Morgan fingerprint density at radius 1 is 0.177 bits per heavy atom. The molecule has 0 unspecified atom stereocenters. The van der Waals surface area contributed by atoms with E-state index in [0.29, 0.717) is 38.5 Å².